The number of hydrogen-bond donors (Lipinski definition) is 1. The highest BCUT2D eigenvalue weighted by atomic mass is 16.5. The molecule has 2 aliphatic rings. The first kappa shape index (κ1) is 24.0. The lowest BCUT2D eigenvalue weighted by Gasteiger charge is -2.30. The average Bonchev–Trinajstić information content (AvgIpc) is 3.44. The van der Waals surface area contributed by atoms with Gasteiger partial charge in [0.1, 0.15) is 5.69 Å². The molecular weight excluding hydrogens is 416 g/mol. The summed E-state index contributed by atoms with van der Waals surface area (Å²) in [5.74, 6) is 1.16. The monoisotopic (exact) mass is 454 g/mol. The zero-order valence-corrected chi connectivity index (χ0v) is 20.1. The van der Waals surface area contributed by atoms with E-state index in [1.54, 1.807) is 0 Å². The molecule has 1 saturated heterocycles. The maximum Gasteiger partial charge on any atom is 0.354 e. The van der Waals surface area contributed by atoms with Crippen molar-refractivity contribution in [2.45, 2.75) is 64.3 Å². The molecule has 6 nitrogen and oxygen atoms in total. The number of fused-ring (bicyclic) bond motifs is 1. The standard InChI is InChI=1S/C27H38N2O4/c1-3-32-14-7-15-33-27(31)24-18-21-16-19(10-11-23(21)29(24)2)17-25(30)26-22(12-13-28-26)20-8-5-4-6-9-20/h10-11,16,18,20,22,26,28H,3-9,12-15,17H2,1-2H3/t22-,26-/m0/s1. The van der Waals surface area contributed by atoms with Crippen LogP contribution in [0.3, 0.4) is 0 Å². The molecule has 33 heavy (non-hydrogen) atoms. The molecule has 2 fully saturated rings. The van der Waals surface area contributed by atoms with Crippen LogP contribution in [0.2, 0.25) is 0 Å². The van der Waals surface area contributed by atoms with Gasteiger partial charge in [0.15, 0.2) is 5.78 Å². The summed E-state index contributed by atoms with van der Waals surface area (Å²) in [6.07, 6.45) is 8.75. The molecule has 1 aromatic carbocycles. The maximum absolute atomic E-state index is 13.2. The third kappa shape index (κ3) is 5.67. The molecule has 2 atom stereocenters. The number of ketones is 1. The minimum atomic E-state index is -0.326. The SMILES string of the molecule is CCOCCCOC(=O)c1cc2cc(CC(=O)[C@H]3NCC[C@H]3C3CCCCC3)ccc2n1C. The van der Waals surface area contributed by atoms with Crippen LogP contribution in [0.4, 0.5) is 0 Å². The van der Waals surface area contributed by atoms with Crippen molar-refractivity contribution in [2.75, 3.05) is 26.4 Å². The Morgan fingerprint density at radius 1 is 1.09 bits per heavy atom. The lowest BCUT2D eigenvalue weighted by molar-refractivity contribution is -0.121. The average molecular weight is 455 g/mol. The number of ether oxygens (including phenoxy) is 2. The Hall–Kier alpha value is -2.18. The van der Waals surface area contributed by atoms with Crippen molar-refractivity contribution in [1.29, 1.82) is 0 Å². The molecule has 0 bridgehead atoms. The highest BCUT2D eigenvalue weighted by Crippen LogP contribution is 2.36. The number of carbonyl (C=O) groups is 2. The lowest BCUT2D eigenvalue weighted by atomic mass is 9.75. The molecule has 1 aliphatic carbocycles. The molecule has 180 valence electrons. The van der Waals surface area contributed by atoms with Gasteiger partial charge in [0.25, 0.3) is 0 Å². The number of carbonyl (C=O) groups excluding carboxylic acids is 2. The van der Waals surface area contributed by atoms with Crippen LogP contribution < -0.4 is 5.32 Å². The molecule has 0 amide bonds. The minimum Gasteiger partial charge on any atom is -0.461 e. The fraction of sp³-hybridized carbons (Fsp3) is 0.630. The van der Waals surface area contributed by atoms with Gasteiger partial charge in [0.05, 0.1) is 12.6 Å². The molecular formula is C27H38N2O4. The van der Waals surface area contributed by atoms with Crippen LogP contribution >= 0.6 is 0 Å². The van der Waals surface area contributed by atoms with Gasteiger partial charge in [-0.2, -0.15) is 0 Å². The Kier molecular flexibility index (Phi) is 8.20. The Balaban J connectivity index is 1.40. The summed E-state index contributed by atoms with van der Waals surface area (Å²) < 4.78 is 12.6. The number of esters is 1. The molecule has 0 spiro atoms. The summed E-state index contributed by atoms with van der Waals surface area (Å²) in [5.41, 5.74) is 2.50. The number of benzene rings is 1. The van der Waals surface area contributed by atoms with Crippen LogP contribution in [-0.4, -0.2) is 48.7 Å². The number of aromatic nitrogens is 1. The van der Waals surface area contributed by atoms with E-state index in [0.717, 1.165) is 29.4 Å². The van der Waals surface area contributed by atoms with Crippen LogP contribution in [0.1, 0.15) is 67.9 Å². The first-order valence-electron chi connectivity index (χ1n) is 12.7. The quantitative estimate of drug-likeness (QED) is 0.425. The number of hydrogen-bond acceptors (Lipinski definition) is 5. The molecule has 4 rings (SSSR count). The number of nitrogens with zero attached hydrogens (tertiary/aromatic N) is 1. The van der Waals surface area contributed by atoms with E-state index in [4.69, 9.17) is 9.47 Å². The molecule has 0 unspecified atom stereocenters. The van der Waals surface area contributed by atoms with Gasteiger partial charge >= 0.3 is 5.97 Å². The molecule has 1 aromatic heterocycles. The van der Waals surface area contributed by atoms with Gasteiger partial charge < -0.3 is 19.4 Å². The van der Waals surface area contributed by atoms with Crippen LogP contribution in [0.15, 0.2) is 24.3 Å². The van der Waals surface area contributed by atoms with E-state index in [1.807, 2.05) is 42.8 Å². The molecule has 2 aromatic rings. The van der Waals surface area contributed by atoms with E-state index in [9.17, 15) is 9.59 Å². The summed E-state index contributed by atoms with van der Waals surface area (Å²) in [4.78, 5) is 25.8. The third-order valence-corrected chi connectivity index (χ3v) is 7.44. The number of rotatable bonds is 10. The third-order valence-electron chi connectivity index (χ3n) is 7.44. The van der Waals surface area contributed by atoms with Crippen molar-refractivity contribution < 1.29 is 19.1 Å². The largest absolute Gasteiger partial charge is 0.461 e. The Morgan fingerprint density at radius 3 is 2.70 bits per heavy atom. The van der Waals surface area contributed by atoms with Gasteiger partial charge in [-0.3, -0.25) is 4.79 Å². The lowest BCUT2D eigenvalue weighted by Crippen LogP contribution is -2.40. The number of Topliss-reactive ketones (excluding diaryl/α,β-unsaturated/α-hetero) is 1. The van der Waals surface area contributed by atoms with Crippen molar-refractivity contribution in [3.63, 3.8) is 0 Å². The molecule has 6 heteroatoms. The Labute approximate surface area is 197 Å². The maximum atomic E-state index is 13.2. The van der Waals surface area contributed by atoms with Crippen molar-refractivity contribution in [2.24, 2.45) is 18.9 Å². The minimum absolute atomic E-state index is 0.0122. The van der Waals surface area contributed by atoms with Crippen molar-refractivity contribution in [1.82, 2.24) is 9.88 Å². The summed E-state index contributed by atoms with van der Waals surface area (Å²) in [6, 6.07) is 7.92. The zero-order valence-electron chi connectivity index (χ0n) is 20.1. The van der Waals surface area contributed by atoms with Crippen LogP contribution in [-0.2, 0) is 27.7 Å². The van der Waals surface area contributed by atoms with E-state index in [0.29, 0.717) is 56.0 Å². The summed E-state index contributed by atoms with van der Waals surface area (Å²) in [7, 11) is 1.88. The highest BCUT2D eigenvalue weighted by Gasteiger charge is 2.37. The molecule has 0 radical (unpaired) electrons. The number of nitrogens with one attached hydrogen (secondary N) is 1. The van der Waals surface area contributed by atoms with Crippen LogP contribution in [0.5, 0.6) is 0 Å². The molecule has 1 N–H and O–H groups in total. The Morgan fingerprint density at radius 2 is 1.91 bits per heavy atom. The van der Waals surface area contributed by atoms with Crippen LogP contribution in [0, 0.1) is 11.8 Å². The second-order valence-electron chi connectivity index (χ2n) is 9.59. The van der Waals surface area contributed by atoms with Crippen LogP contribution in [0.25, 0.3) is 10.9 Å². The Bertz CT molecular complexity index is 960. The molecule has 2 heterocycles. The highest BCUT2D eigenvalue weighted by molar-refractivity contribution is 5.96. The van der Waals surface area contributed by atoms with Crippen molar-refractivity contribution in [3.8, 4) is 0 Å². The molecule has 1 saturated carbocycles. The fourth-order valence-electron chi connectivity index (χ4n) is 5.71. The predicted octanol–water partition coefficient (Wildman–Crippen LogP) is 4.43. The smallest absolute Gasteiger partial charge is 0.354 e. The van der Waals surface area contributed by atoms with E-state index < -0.39 is 0 Å². The van der Waals surface area contributed by atoms with Gasteiger partial charge in [-0.05, 0) is 55.5 Å². The van der Waals surface area contributed by atoms with E-state index in [-0.39, 0.29) is 12.0 Å². The van der Waals surface area contributed by atoms with Gasteiger partial charge in [0.2, 0.25) is 0 Å². The summed E-state index contributed by atoms with van der Waals surface area (Å²) >= 11 is 0. The summed E-state index contributed by atoms with van der Waals surface area (Å²) in [5, 5.41) is 4.46. The topological polar surface area (TPSA) is 69.6 Å². The van der Waals surface area contributed by atoms with Gasteiger partial charge in [-0.25, -0.2) is 4.79 Å². The first-order valence-corrected chi connectivity index (χ1v) is 12.7. The van der Waals surface area contributed by atoms with Gasteiger partial charge in [-0.15, -0.1) is 0 Å². The second kappa shape index (κ2) is 11.3. The van der Waals surface area contributed by atoms with E-state index in [1.165, 1.54) is 32.1 Å². The van der Waals surface area contributed by atoms with Crippen molar-refractivity contribution in [3.05, 3.63) is 35.5 Å². The predicted molar refractivity (Wildman–Crippen MR) is 129 cm³/mol. The van der Waals surface area contributed by atoms with E-state index >= 15 is 0 Å². The number of aryl methyl sites for hydroxylation is 1. The summed E-state index contributed by atoms with van der Waals surface area (Å²) in [6.45, 7) is 4.50. The fourth-order valence-corrected chi connectivity index (χ4v) is 5.71. The zero-order chi connectivity index (χ0) is 23.2. The molecule has 1 aliphatic heterocycles. The second-order valence-corrected chi connectivity index (χ2v) is 9.59. The van der Waals surface area contributed by atoms with E-state index in [2.05, 4.69) is 5.32 Å². The first-order chi connectivity index (χ1) is 16.1. The normalized spacial score (nSPS) is 21.5. The van der Waals surface area contributed by atoms with Gasteiger partial charge in [-0.1, -0.05) is 38.2 Å². The van der Waals surface area contributed by atoms with Gasteiger partial charge in [0, 0.05) is 44.0 Å². The van der Waals surface area contributed by atoms with Crippen molar-refractivity contribution >= 4 is 22.7 Å².